The van der Waals surface area contributed by atoms with Crippen molar-refractivity contribution < 1.29 is 4.79 Å². The maximum absolute atomic E-state index is 12.1. The molecule has 0 aromatic carbocycles. The lowest BCUT2D eigenvalue weighted by Gasteiger charge is -2.25. The van der Waals surface area contributed by atoms with Gasteiger partial charge in [-0.1, -0.05) is 12.5 Å². The first-order valence-electron chi connectivity index (χ1n) is 8.77. The van der Waals surface area contributed by atoms with Crippen LogP contribution in [0.15, 0.2) is 17.6 Å². The number of nitrogens with zero attached hydrogens (tertiary/aromatic N) is 2. The highest BCUT2D eigenvalue weighted by Crippen LogP contribution is 2.15. The second-order valence-corrected chi connectivity index (χ2v) is 6.47. The largest absolute Gasteiger partial charge is 0.357 e. The molecule has 0 saturated heterocycles. The molecule has 0 fully saturated rings. The van der Waals surface area contributed by atoms with Crippen molar-refractivity contribution in [2.24, 2.45) is 10.4 Å². The van der Waals surface area contributed by atoms with E-state index < -0.39 is 5.41 Å². The van der Waals surface area contributed by atoms with Gasteiger partial charge in [-0.25, -0.2) is 0 Å². The molecule has 0 unspecified atom stereocenters. The molecule has 24 heavy (non-hydrogen) atoms. The SMILES string of the molecule is C=CCCCCCN(C)C(=NCC(C)(C)C(=O)NCC)NCC.I. The van der Waals surface area contributed by atoms with Crippen molar-refractivity contribution in [3.8, 4) is 0 Å². The van der Waals surface area contributed by atoms with Crippen molar-refractivity contribution in [3.05, 3.63) is 12.7 Å². The molecule has 0 atom stereocenters. The number of rotatable bonds is 11. The van der Waals surface area contributed by atoms with E-state index in [4.69, 9.17) is 0 Å². The molecule has 5 nitrogen and oxygen atoms in total. The predicted octanol–water partition coefficient (Wildman–Crippen LogP) is 3.41. The predicted molar refractivity (Wildman–Crippen MR) is 115 cm³/mol. The van der Waals surface area contributed by atoms with Gasteiger partial charge in [0.1, 0.15) is 0 Å². The Kier molecular flexibility index (Phi) is 15.4. The summed E-state index contributed by atoms with van der Waals surface area (Å²) in [5.74, 6) is 0.917. The Morgan fingerprint density at radius 2 is 1.79 bits per heavy atom. The molecular weight excluding hydrogens is 415 g/mol. The summed E-state index contributed by atoms with van der Waals surface area (Å²) in [7, 11) is 2.05. The molecule has 0 radical (unpaired) electrons. The molecule has 0 saturated carbocycles. The number of amides is 1. The van der Waals surface area contributed by atoms with Gasteiger partial charge in [0.15, 0.2) is 5.96 Å². The van der Waals surface area contributed by atoms with Crippen LogP contribution >= 0.6 is 24.0 Å². The number of carbonyl (C=O) groups excluding carboxylic acids is 1. The lowest BCUT2D eigenvalue weighted by molar-refractivity contribution is -0.128. The first kappa shape index (κ1) is 25.5. The highest BCUT2D eigenvalue weighted by molar-refractivity contribution is 14.0. The monoisotopic (exact) mass is 452 g/mol. The Bertz CT molecular complexity index is 383. The molecule has 0 aromatic rings. The minimum atomic E-state index is -0.499. The zero-order valence-electron chi connectivity index (χ0n) is 16.2. The average molecular weight is 452 g/mol. The summed E-state index contributed by atoms with van der Waals surface area (Å²) in [5, 5.41) is 6.18. The molecule has 0 heterocycles. The summed E-state index contributed by atoms with van der Waals surface area (Å²) < 4.78 is 0. The van der Waals surface area contributed by atoms with Gasteiger partial charge in [-0.3, -0.25) is 9.79 Å². The number of hydrogen-bond acceptors (Lipinski definition) is 2. The molecule has 0 rings (SSSR count). The van der Waals surface area contributed by atoms with Crippen LogP contribution in [0.1, 0.15) is 53.4 Å². The van der Waals surface area contributed by atoms with E-state index in [1.165, 1.54) is 12.8 Å². The number of aliphatic imine (C=N–C) groups is 1. The highest BCUT2D eigenvalue weighted by Gasteiger charge is 2.27. The van der Waals surface area contributed by atoms with Crippen LogP contribution in [0.5, 0.6) is 0 Å². The fourth-order valence-electron chi connectivity index (χ4n) is 2.13. The summed E-state index contributed by atoms with van der Waals surface area (Å²) in [6, 6.07) is 0. The summed E-state index contributed by atoms with van der Waals surface area (Å²) >= 11 is 0. The third-order valence-corrected chi connectivity index (χ3v) is 3.67. The third kappa shape index (κ3) is 10.9. The number of unbranched alkanes of at least 4 members (excludes halogenated alkanes) is 3. The number of guanidine groups is 1. The van der Waals surface area contributed by atoms with Crippen LogP contribution in [0, 0.1) is 5.41 Å². The molecule has 6 heteroatoms. The zero-order chi connectivity index (χ0) is 17.7. The van der Waals surface area contributed by atoms with Gasteiger partial charge < -0.3 is 15.5 Å². The standard InChI is InChI=1S/C18H36N4O.HI/c1-7-10-11-12-13-14-22(6)17(20-9-3)21-15-18(4,5)16(23)19-8-2;/h7H,1,8-15H2,2-6H3,(H,19,23)(H,20,21);1H. The van der Waals surface area contributed by atoms with Crippen molar-refractivity contribution in [2.75, 3.05) is 33.2 Å². The normalized spacial score (nSPS) is 11.5. The summed E-state index contributed by atoms with van der Waals surface area (Å²) in [5.41, 5.74) is -0.499. The lowest BCUT2D eigenvalue weighted by Crippen LogP contribution is -2.42. The van der Waals surface area contributed by atoms with E-state index in [2.05, 4.69) is 34.0 Å². The van der Waals surface area contributed by atoms with Gasteiger partial charge >= 0.3 is 0 Å². The molecule has 0 bridgehead atoms. The lowest BCUT2D eigenvalue weighted by atomic mass is 9.92. The van der Waals surface area contributed by atoms with E-state index in [0.717, 1.165) is 31.9 Å². The van der Waals surface area contributed by atoms with Crippen LogP contribution in [-0.4, -0.2) is 50.0 Å². The van der Waals surface area contributed by atoms with Crippen LogP contribution in [0.3, 0.4) is 0 Å². The minimum absolute atomic E-state index is 0. The van der Waals surface area contributed by atoms with Crippen LogP contribution in [0.2, 0.25) is 0 Å². The van der Waals surface area contributed by atoms with E-state index in [0.29, 0.717) is 13.1 Å². The Morgan fingerprint density at radius 1 is 1.17 bits per heavy atom. The number of nitrogens with one attached hydrogen (secondary N) is 2. The molecular formula is C18H37IN4O. The van der Waals surface area contributed by atoms with Gasteiger partial charge in [-0.15, -0.1) is 30.6 Å². The fourth-order valence-corrected chi connectivity index (χ4v) is 2.13. The molecule has 0 aromatic heterocycles. The molecule has 0 aliphatic carbocycles. The van der Waals surface area contributed by atoms with Crippen LogP contribution in [-0.2, 0) is 4.79 Å². The quantitative estimate of drug-likeness (QED) is 0.166. The van der Waals surface area contributed by atoms with E-state index >= 15 is 0 Å². The molecule has 0 spiro atoms. The third-order valence-electron chi connectivity index (χ3n) is 3.67. The second kappa shape index (κ2) is 14.5. The molecule has 2 N–H and O–H groups in total. The highest BCUT2D eigenvalue weighted by atomic mass is 127. The van der Waals surface area contributed by atoms with Gasteiger partial charge in [0.05, 0.1) is 12.0 Å². The number of carbonyl (C=O) groups is 1. The van der Waals surface area contributed by atoms with E-state index in [9.17, 15) is 4.79 Å². The van der Waals surface area contributed by atoms with Gasteiger partial charge in [0.2, 0.25) is 5.91 Å². The van der Waals surface area contributed by atoms with Crippen molar-refractivity contribution in [1.82, 2.24) is 15.5 Å². The first-order valence-corrected chi connectivity index (χ1v) is 8.77. The Morgan fingerprint density at radius 3 is 2.33 bits per heavy atom. The van der Waals surface area contributed by atoms with E-state index in [1.54, 1.807) is 0 Å². The fraction of sp³-hybridized carbons (Fsp3) is 0.778. The molecule has 142 valence electrons. The van der Waals surface area contributed by atoms with Crippen molar-refractivity contribution in [2.45, 2.75) is 53.4 Å². The summed E-state index contributed by atoms with van der Waals surface area (Å²) in [6.45, 7) is 14.5. The Labute approximate surface area is 165 Å². The van der Waals surface area contributed by atoms with Crippen molar-refractivity contribution >= 4 is 35.8 Å². The number of hydrogen-bond donors (Lipinski definition) is 2. The van der Waals surface area contributed by atoms with Crippen LogP contribution in [0.25, 0.3) is 0 Å². The molecule has 0 aliphatic heterocycles. The Balaban J connectivity index is 0. The number of allylic oxidation sites excluding steroid dienone is 1. The average Bonchev–Trinajstić information content (AvgIpc) is 2.51. The maximum Gasteiger partial charge on any atom is 0.227 e. The van der Waals surface area contributed by atoms with Crippen molar-refractivity contribution in [3.63, 3.8) is 0 Å². The van der Waals surface area contributed by atoms with Gasteiger partial charge in [0, 0.05) is 26.7 Å². The van der Waals surface area contributed by atoms with Crippen molar-refractivity contribution in [1.29, 1.82) is 0 Å². The van der Waals surface area contributed by atoms with Crippen LogP contribution < -0.4 is 10.6 Å². The van der Waals surface area contributed by atoms with Gasteiger partial charge in [-0.2, -0.15) is 0 Å². The number of halogens is 1. The topological polar surface area (TPSA) is 56.7 Å². The summed E-state index contributed by atoms with van der Waals surface area (Å²) in [6.07, 6.45) is 6.57. The maximum atomic E-state index is 12.1. The molecule has 0 aliphatic rings. The summed E-state index contributed by atoms with van der Waals surface area (Å²) in [4.78, 5) is 18.9. The first-order chi connectivity index (χ1) is 10.9. The van der Waals surface area contributed by atoms with Gasteiger partial charge in [-0.05, 0) is 47.0 Å². The van der Waals surface area contributed by atoms with Crippen LogP contribution in [0.4, 0.5) is 0 Å². The minimum Gasteiger partial charge on any atom is -0.357 e. The van der Waals surface area contributed by atoms with E-state index in [-0.39, 0.29) is 29.9 Å². The smallest absolute Gasteiger partial charge is 0.227 e. The van der Waals surface area contributed by atoms with E-state index in [1.807, 2.05) is 33.9 Å². The second-order valence-electron chi connectivity index (χ2n) is 6.47. The van der Waals surface area contributed by atoms with Gasteiger partial charge in [0.25, 0.3) is 0 Å². The Hall–Kier alpha value is -0.790. The molecule has 1 amide bonds. The zero-order valence-corrected chi connectivity index (χ0v) is 18.5.